The molecule has 3 aromatic rings. The minimum Gasteiger partial charge on any atom is -0.496 e. The number of aromatic amines is 1. The molecule has 1 saturated heterocycles. The lowest BCUT2D eigenvalue weighted by Gasteiger charge is -2.17. The number of methoxy groups -OCH3 is 2. The van der Waals surface area contributed by atoms with E-state index in [-0.39, 0.29) is 18.1 Å². The standard InChI is InChI=1S/C21H23N7O2.ClH/c1-29-16-5-6-28(13-16)12-14-3-4-17(19(7-14)30-2)18-8-20(27-26-18)25-21-11-23-15(9-22)10-24-21;/h3-4,7-8,10-11,16H,5-6,12-13H2,1-2H3,(H2,24,25,26,27);1H/t16-;/m1./s1. The van der Waals surface area contributed by atoms with Crippen LogP contribution < -0.4 is 10.1 Å². The summed E-state index contributed by atoms with van der Waals surface area (Å²) in [5, 5.41) is 19.2. The molecule has 0 bridgehead atoms. The average molecular weight is 442 g/mol. The van der Waals surface area contributed by atoms with Crippen LogP contribution in [0.5, 0.6) is 5.75 Å². The van der Waals surface area contributed by atoms with E-state index in [1.54, 1.807) is 14.2 Å². The number of nitrogens with one attached hydrogen (secondary N) is 2. The molecule has 3 heterocycles. The first-order chi connectivity index (χ1) is 14.7. The maximum atomic E-state index is 8.81. The number of H-pyrrole nitrogens is 1. The Bertz CT molecular complexity index is 1050. The van der Waals surface area contributed by atoms with Gasteiger partial charge in [-0.3, -0.25) is 10.00 Å². The highest BCUT2D eigenvalue weighted by atomic mass is 35.5. The third kappa shape index (κ3) is 5.30. The highest BCUT2D eigenvalue weighted by molar-refractivity contribution is 5.85. The predicted molar refractivity (Wildman–Crippen MR) is 119 cm³/mol. The molecule has 1 aliphatic rings. The van der Waals surface area contributed by atoms with Crippen LogP contribution in [-0.2, 0) is 11.3 Å². The van der Waals surface area contributed by atoms with E-state index < -0.39 is 0 Å². The van der Waals surface area contributed by atoms with Crippen molar-refractivity contribution in [2.24, 2.45) is 0 Å². The summed E-state index contributed by atoms with van der Waals surface area (Å²) in [7, 11) is 3.44. The molecule has 1 fully saturated rings. The fourth-order valence-electron chi connectivity index (χ4n) is 3.55. The van der Waals surface area contributed by atoms with Gasteiger partial charge in [0.05, 0.1) is 31.3 Å². The number of halogens is 1. The van der Waals surface area contributed by atoms with Crippen LogP contribution in [0.4, 0.5) is 11.6 Å². The second-order valence-corrected chi connectivity index (χ2v) is 7.11. The number of benzene rings is 1. The zero-order valence-electron chi connectivity index (χ0n) is 17.3. The number of aromatic nitrogens is 4. The molecule has 0 spiro atoms. The summed E-state index contributed by atoms with van der Waals surface area (Å²) in [6, 6.07) is 10.0. The second kappa shape index (κ2) is 10.2. The summed E-state index contributed by atoms with van der Waals surface area (Å²) in [6.07, 6.45) is 4.30. The first-order valence-corrected chi connectivity index (χ1v) is 9.65. The van der Waals surface area contributed by atoms with E-state index in [2.05, 4.69) is 42.5 Å². The fourth-order valence-corrected chi connectivity index (χ4v) is 3.55. The summed E-state index contributed by atoms with van der Waals surface area (Å²) in [6.45, 7) is 2.86. The number of anilines is 2. The number of likely N-dealkylation sites (tertiary alicyclic amines) is 1. The smallest absolute Gasteiger partial charge is 0.158 e. The van der Waals surface area contributed by atoms with Gasteiger partial charge in [0.15, 0.2) is 11.5 Å². The Morgan fingerprint density at radius 1 is 1.23 bits per heavy atom. The zero-order valence-corrected chi connectivity index (χ0v) is 18.1. The summed E-state index contributed by atoms with van der Waals surface area (Å²) >= 11 is 0. The van der Waals surface area contributed by atoms with E-state index in [9.17, 15) is 0 Å². The molecule has 1 aromatic carbocycles. The summed E-state index contributed by atoms with van der Waals surface area (Å²) in [5.41, 5.74) is 3.20. The topological polar surface area (TPSA) is 112 Å². The first kappa shape index (κ1) is 22.5. The van der Waals surface area contributed by atoms with Gasteiger partial charge in [-0.1, -0.05) is 6.07 Å². The Morgan fingerprint density at radius 3 is 2.77 bits per heavy atom. The molecule has 4 rings (SSSR count). The van der Waals surface area contributed by atoms with Gasteiger partial charge in [-0.15, -0.1) is 12.4 Å². The highest BCUT2D eigenvalue weighted by Gasteiger charge is 2.22. The molecule has 0 amide bonds. The van der Waals surface area contributed by atoms with Gasteiger partial charge in [0, 0.05) is 38.4 Å². The summed E-state index contributed by atoms with van der Waals surface area (Å²) in [5.74, 6) is 1.88. The van der Waals surface area contributed by atoms with Gasteiger partial charge in [0.25, 0.3) is 0 Å². The van der Waals surface area contributed by atoms with Gasteiger partial charge in [0.2, 0.25) is 0 Å². The van der Waals surface area contributed by atoms with Gasteiger partial charge in [-0.05, 0) is 24.1 Å². The lowest BCUT2D eigenvalue weighted by molar-refractivity contribution is 0.107. The fraction of sp³-hybridized carbons (Fsp3) is 0.333. The third-order valence-electron chi connectivity index (χ3n) is 5.13. The monoisotopic (exact) mass is 441 g/mol. The molecular formula is C21H24ClN7O2. The van der Waals surface area contributed by atoms with Crippen molar-refractivity contribution < 1.29 is 9.47 Å². The number of ether oxygens (including phenoxy) is 2. The SMILES string of the molecule is COc1cc(CN2CC[C@@H](OC)C2)ccc1-c1cc(Nc2cnc(C#N)cn2)n[nH]1.Cl. The molecule has 0 unspecified atom stereocenters. The van der Waals surface area contributed by atoms with Gasteiger partial charge in [-0.25, -0.2) is 9.97 Å². The largest absolute Gasteiger partial charge is 0.496 e. The molecule has 9 nitrogen and oxygen atoms in total. The number of nitriles is 1. The molecule has 0 radical (unpaired) electrons. The Labute approximate surface area is 186 Å². The van der Waals surface area contributed by atoms with Crippen LogP contribution in [0, 0.1) is 11.3 Å². The van der Waals surface area contributed by atoms with Crippen LogP contribution in [-0.4, -0.2) is 58.5 Å². The van der Waals surface area contributed by atoms with Crippen molar-refractivity contribution in [1.82, 2.24) is 25.1 Å². The average Bonchev–Trinajstić information content (AvgIpc) is 3.43. The summed E-state index contributed by atoms with van der Waals surface area (Å²) < 4.78 is 11.1. The molecule has 1 atom stereocenters. The highest BCUT2D eigenvalue weighted by Crippen LogP contribution is 2.32. The number of nitrogens with zero attached hydrogens (tertiary/aromatic N) is 5. The van der Waals surface area contributed by atoms with E-state index >= 15 is 0 Å². The van der Waals surface area contributed by atoms with Crippen molar-refractivity contribution in [3.63, 3.8) is 0 Å². The lowest BCUT2D eigenvalue weighted by Crippen LogP contribution is -2.22. The molecular weight excluding hydrogens is 418 g/mol. The van der Waals surface area contributed by atoms with E-state index in [4.69, 9.17) is 14.7 Å². The Morgan fingerprint density at radius 2 is 2.10 bits per heavy atom. The van der Waals surface area contributed by atoms with Crippen molar-refractivity contribution in [3.8, 4) is 23.1 Å². The van der Waals surface area contributed by atoms with Crippen LogP contribution in [0.3, 0.4) is 0 Å². The Balaban J connectivity index is 0.00000272. The van der Waals surface area contributed by atoms with Crippen molar-refractivity contribution >= 4 is 24.0 Å². The van der Waals surface area contributed by atoms with Gasteiger partial charge < -0.3 is 14.8 Å². The molecule has 0 aliphatic carbocycles. The maximum absolute atomic E-state index is 8.81. The first-order valence-electron chi connectivity index (χ1n) is 9.65. The van der Waals surface area contributed by atoms with Crippen molar-refractivity contribution in [2.45, 2.75) is 19.1 Å². The van der Waals surface area contributed by atoms with Crippen molar-refractivity contribution in [3.05, 3.63) is 47.9 Å². The molecule has 162 valence electrons. The number of hydrogen-bond acceptors (Lipinski definition) is 8. The van der Waals surface area contributed by atoms with E-state index in [1.165, 1.54) is 18.0 Å². The Kier molecular flexibility index (Phi) is 7.41. The zero-order chi connectivity index (χ0) is 20.9. The van der Waals surface area contributed by atoms with Crippen LogP contribution in [0.1, 0.15) is 17.7 Å². The van der Waals surface area contributed by atoms with Crippen molar-refractivity contribution in [2.75, 3.05) is 32.6 Å². The van der Waals surface area contributed by atoms with Crippen molar-refractivity contribution in [1.29, 1.82) is 5.26 Å². The van der Waals surface area contributed by atoms with E-state index in [0.717, 1.165) is 43.1 Å². The maximum Gasteiger partial charge on any atom is 0.158 e. The lowest BCUT2D eigenvalue weighted by atomic mass is 10.1. The molecule has 10 heteroatoms. The van der Waals surface area contributed by atoms with E-state index in [0.29, 0.717) is 17.7 Å². The third-order valence-corrected chi connectivity index (χ3v) is 5.13. The van der Waals surface area contributed by atoms with Crippen LogP contribution in [0.25, 0.3) is 11.3 Å². The molecule has 2 N–H and O–H groups in total. The molecule has 0 saturated carbocycles. The Hall–Kier alpha value is -3.19. The van der Waals surface area contributed by atoms with Gasteiger partial charge >= 0.3 is 0 Å². The predicted octanol–water partition coefficient (Wildman–Crippen LogP) is 3.13. The minimum absolute atomic E-state index is 0. The normalized spacial score (nSPS) is 15.8. The van der Waals surface area contributed by atoms with E-state index in [1.807, 2.05) is 18.2 Å². The molecule has 2 aromatic heterocycles. The quantitative estimate of drug-likeness (QED) is 0.575. The van der Waals surface area contributed by atoms with Gasteiger partial charge in [0.1, 0.15) is 17.6 Å². The minimum atomic E-state index is 0. The van der Waals surface area contributed by atoms with Crippen LogP contribution in [0.2, 0.25) is 0 Å². The number of hydrogen-bond donors (Lipinski definition) is 2. The number of rotatable bonds is 7. The summed E-state index contributed by atoms with van der Waals surface area (Å²) in [4.78, 5) is 10.5. The molecule has 31 heavy (non-hydrogen) atoms. The van der Waals surface area contributed by atoms with Crippen LogP contribution >= 0.6 is 12.4 Å². The molecule has 1 aliphatic heterocycles. The van der Waals surface area contributed by atoms with Crippen LogP contribution in [0.15, 0.2) is 36.7 Å². The second-order valence-electron chi connectivity index (χ2n) is 7.11. The van der Waals surface area contributed by atoms with Gasteiger partial charge in [-0.2, -0.15) is 10.4 Å².